The van der Waals surface area contributed by atoms with Crippen molar-refractivity contribution in [2.75, 3.05) is 0 Å². The molecule has 1 aliphatic carbocycles. The van der Waals surface area contributed by atoms with E-state index in [4.69, 9.17) is 5.73 Å². The first-order valence-corrected chi connectivity index (χ1v) is 6.54. The van der Waals surface area contributed by atoms with Crippen LogP contribution in [0.3, 0.4) is 0 Å². The summed E-state index contributed by atoms with van der Waals surface area (Å²) in [6.07, 6.45) is 1.27. The molecule has 0 spiro atoms. The molecule has 1 fully saturated rings. The Balaban J connectivity index is 2.16. The number of halogens is 1. The van der Waals surface area contributed by atoms with E-state index in [1.54, 1.807) is 0 Å². The van der Waals surface area contributed by atoms with Crippen molar-refractivity contribution in [2.24, 2.45) is 17.1 Å². The standard InChI is InChI=1S/C11H16BrNS/c1-6-8(12)4-9(14-6)10(13)7-5-11(7,2)3/h4,7,10H,5,13H2,1-3H3. The van der Waals surface area contributed by atoms with Crippen molar-refractivity contribution in [3.63, 3.8) is 0 Å². The number of hydrogen-bond donors (Lipinski definition) is 1. The Morgan fingerprint density at radius 2 is 2.21 bits per heavy atom. The zero-order valence-corrected chi connectivity index (χ0v) is 11.2. The molecule has 14 heavy (non-hydrogen) atoms. The molecule has 0 saturated heterocycles. The van der Waals surface area contributed by atoms with Crippen LogP contribution in [0.5, 0.6) is 0 Å². The summed E-state index contributed by atoms with van der Waals surface area (Å²) >= 11 is 5.36. The fourth-order valence-corrected chi connectivity index (χ4v) is 3.59. The van der Waals surface area contributed by atoms with Gasteiger partial charge in [0.15, 0.2) is 0 Å². The van der Waals surface area contributed by atoms with E-state index in [0.717, 1.165) is 0 Å². The van der Waals surface area contributed by atoms with E-state index in [9.17, 15) is 0 Å². The number of hydrogen-bond acceptors (Lipinski definition) is 2. The van der Waals surface area contributed by atoms with Gasteiger partial charge in [0.2, 0.25) is 0 Å². The number of rotatable bonds is 2. The van der Waals surface area contributed by atoms with Gasteiger partial charge in [0, 0.05) is 20.3 Å². The van der Waals surface area contributed by atoms with Gasteiger partial charge < -0.3 is 5.73 Å². The molecule has 0 aliphatic heterocycles. The number of aryl methyl sites for hydroxylation is 1. The average Bonchev–Trinajstić information content (AvgIpc) is 2.59. The summed E-state index contributed by atoms with van der Waals surface area (Å²) in [4.78, 5) is 2.65. The van der Waals surface area contributed by atoms with Crippen molar-refractivity contribution in [1.82, 2.24) is 0 Å². The highest BCUT2D eigenvalue weighted by Gasteiger charge is 2.49. The summed E-state index contributed by atoms with van der Waals surface area (Å²) in [5.41, 5.74) is 6.71. The van der Waals surface area contributed by atoms with Gasteiger partial charge in [-0.1, -0.05) is 13.8 Å². The molecule has 2 atom stereocenters. The molecule has 0 radical (unpaired) electrons. The maximum Gasteiger partial charge on any atom is 0.0424 e. The second-order valence-electron chi connectivity index (χ2n) is 4.88. The topological polar surface area (TPSA) is 26.0 Å². The molecule has 1 aliphatic rings. The Morgan fingerprint density at radius 3 is 2.57 bits per heavy atom. The molecule has 1 saturated carbocycles. The Hall–Kier alpha value is 0.140. The van der Waals surface area contributed by atoms with Gasteiger partial charge in [-0.2, -0.15) is 0 Å². The van der Waals surface area contributed by atoms with Crippen LogP contribution in [0.15, 0.2) is 10.5 Å². The number of nitrogens with two attached hydrogens (primary N) is 1. The van der Waals surface area contributed by atoms with E-state index in [1.807, 2.05) is 11.3 Å². The zero-order valence-electron chi connectivity index (χ0n) is 8.80. The fraction of sp³-hybridized carbons (Fsp3) is 0.636. The van der Waals surface area contributed by atoms with Crippen LogP contribution in [0, 0.1) is 18.3 Å². The first-order valence-electron chi connectivity index (χ1n) is 4.93. The third-order valence-electron chi connectivity index (χ3n) is 3.23. The minimum atomic E-state index is 0.236. The largest absolute Gasteiger partial charge is 0.323 e. The lowest BCUT2D eigenvalue weighted by molar-refractivity contribution is 0.496. The molecule has 0 bridgehead atoms. The Labute approximate surface area is 97.8 Å². The van der Waals surface area contributed by atoms with Crippen molar-refractivity contribution in [1.29, 1.82) is 0 Å². The SMILES string of the molecule is Cc1sc(C(N)C2CC2(C)C)cc1Br. The van der Waals surface area contributed by atoms with Crippen LogP contribution in [-0.4, -0.2) is 0 Å². The monoisotopic (exact) mass is 273 g/mol. The molecule has 2 N–H and O–H groups in total. The van der Waals surface area contributed by atoms with Gasteiger partial charge in [0.05, 0.1) is 0 Å². The molecule has 1 aromatic heterocycles. The van der Waals surface area contributed by atoms with Crippen molar-refractivity contribution in [2.45, 2.75) is 33.2 Å². The Kier molecular flexibility index (Phi) is 2.53. The van der Waals surface area contributed by atoms with E-state index in [-0.39, 0.29) is 6.04 Å². The first kappa shape index (κ1) is 10.7. The van der Waals surface area contributed by atoms with E-state index in [0.29, 0.717) is 11.3 Å². The molecule has 0 aromatic carbocycles. The Morgan fingerprint density at radius 1 is 1.64 bits per heavy atom. The number of thiophene rings is 1. The third kappa shape index (κ3) is 1.77. The molecule has 1 heterocycles. The van der Waals surface area contributed by atoms with Gasteiger partial charge in [-0.05, 0) is 46.7 Å². The lowest BCUT2D eigenvalue weighted by Gasteiger charge is -2.10. The molecule has 0 amide bonds. The van der Waals surface area contributed by atoms with Gasteiger partial charge in [0.25, 0.3) is 0 Å². The Bertz CT molecular complexity index is 337. The van der Waals surface area contributed by atoms with Crippen LogP contribution in [0.1, 0.15) is 36.1 Å². The molecular weight excluding hydrogens is 258 g/mol. The smallest absolute Gasteiger partial charge is 0.0424 e. The lowest BCUT2D eigenvalue weighted by Crippen LogP contribution is -2.13. The zero-order chi connectivity index (χ0) is 10.5. The van der Waals surface area contributed by atoms with E-state index in [2.05, 4.69) is 42.8 Å². The third-order valence-corrected chi connectivity index (χ3v) is 5.47. The average molecular weight is 274 g/mol. The highest BCUT2D eigenvalue weighted by Crippen LogP contribution is 2.57. The summed E-state index contributed by atoms with van der Waals surface area (Å²) in [5, 5.41) is 0. The maximum atomic E-state index is 6.25. The molecule has 1 nitrogen and oxygen atoms in total. The highest BCUT2D eigenvalue weighted by molar-refractivity contribution is 9.10. The normalized spacial score (nSPS) is 26.2. The molecule has 1 aromatic rings. The van der Waals surface area contributed by atoms with Gasteiger partial charge in [-0.3, -0.25) is 0 Å². The minimum Gasteiger partial charge on any atom is -0.323 e. The van der Waals surface area contributed by atoms with Gasteiger partial charge in [0.1, 0.15) is 0 Å². The predicted octanol–water partition coefficient (Wildman–Crippen LogP) is 3.86. The van der Waals surface area contributed by atoms with Crippen molar-refractivity contribution >= 4 is 27.3 Å². The van der Waals surface area contributed by atoms with Crippen molar-refractivity contribution in [3.8, 4) is 0 Å². The second kappa shape index (κ2) is 3.32. The van der Waals surface area contributed by atoms with Crippen LogP contribution in [-0.2, 0) is 0 Å². The molecular formula is C11H16BrNS. The quantitative estimate of drug-likeness (QED) is 0.870. The summed E-state index contributed by atoms with van der Waals surface area (Å²) in [6.45, 7) is 6.73. The molecule has 2 unspecified atom stereocenters. The van der Waals surface area contributed by atoms with E-state index in [1.165, 1.54) is 20.6 Å². The molecule has 3 heteroatoms. The fourth-order valence-electron chi connectivity index (χ4n) is 1.96. The minimum absolute atomic E-state index is 0.236. The van der Waals surface area contributed by atoms with Crippen LogP contribution < -0.4 is 5.73 Å². The van der Waals surface area contributed by atoms with Crippen molar-refractivity contribution < 1.29 is 0 Å². The summed E-state index contributed by atoms with van der Waals surface area (Å²) in [7, 11) is 0. The van der Waals surface area contributed by atoms with Crippen LogP contribution >= 0.6 is 27.3 Å². The first-order chi connectivity index (χ1) is 6.42. The summed E-state index contributed by atoms with van der Waals surface area (Å²) < 4.78 is 1.20. The maximum absolute atomic E-state index is 6.25. The lowest BCUT2D eigenvalue weighted by atomic mass is 10.0. The van der Waals surface area contributed by atoms with Crippen molar-refractivity contribution in [3.05, 3.63) is 20.3 Å². The highest BCUT2D eigenvalue weighted by atomic mass is 79.9. The van der Waals surface area contributed by atoms with Crippen LogP contribution in [0.2, 0.25) is 0 Å². The van der Waals surface area contributed by atoms with Crippen LogP contribution in [0.25, 0.3) is 0 Å². The van der Waals surface area contributed by atoms with E-state index >= 15 is 0 Å². The summed E-state index contributed by atoms with van der Waals surface area (Å²) in [6, 6.07) is 2.42. The predicted molar refractivity (Wildman–Crippen MR) is 65.6 cm³/mol. The summed E-state index contributed by atoms with van der Waals surface area (Å²) in [5.74, 6) is 0.674. The van der Waals surface area contributed by atoms with E-state index < -0.39 is 0 Å². The second-order valence-corrected chi connectivity index (χ2v) is 7.02. The molecule has 78 valence electrons. The molecule has 2 rings (SSSR count). The van der Waals surface area contributed by atoms with Gasteiger partial charge in [-0.15, -0.1) is 11.3 Å². The van der Waals surface area contributed by atoms with Crippen LogP contribution in [0.4, 0.5) is 0 Å². The van der Waals surface area contributed by atoms with Gasteiger partial charge in [-0.25, -0.2) is 0 Å². The van der Waals surface area contributed by atoms with Gasteiger partial charge >= 0.3 is 0 Å².